The van der Waals surface area contributed by atoms with E-state index in [2.05, 4.69) is 48.2 Å². The second-order valence-electron chi connectivity index (χ2n) is 12.8. The van der Waals surface area contributed by atoms with Gasteiger partial charge < -0.3 is 30.7 Å². The predicted octanol–water partition coefficient (Wildman–Crippen LogP) is 4.54. The van der Waals surface area contributed by atoms with E-state index >= 15 is 0 Å². The van der Waals surface area contributed by atoms with Gasteiger partial charge in [0.15, 0.2) is 0 Å². The van der Waals surface area contributed by atoms with Gasteiger partial charge >= 0.3 is 8.60 Å². The van der Waals surface area contributed by atoms with Crippen LogP contribution in [0.25, 0.3) is 10.9 Å². The van der Waals surface area contributed by atoms with Crippen molar-refractivity contribution in [1.82, 2.24) is 15.0 Å². The number of fused-ring (bicyclic) bond motifs is 2. The van der Waals surface area contributed by atoms with Crippen molar-refractivity contribution in [2.45, 2.75) is 65.1 Å². The number of hydrazine groups is 1. The normalized spacial score (nSPS) is 20.2. The molecule has 2 aliphatic carbocycles. The van der Waals surface area contributed by atoms with Gasteiger partial charge in [-0.05, 0) is 56.2 Å². The van der Waals surface area contributed by atoms with E-state index in [0.717, 1.165) is 12.8 Å². The van der Waals surface area contributed by atoms with Crippen molar-refractivity contribution in [1.29, 1.82) is 10.5 Å². The molecule has 0 unspecified atom stereocenters. The molecule has 2 saturated carbocycles. The first kappa shape index (κ1) is 32.3. The van der Waals surface area contributed by atoms with E-state index in [-0.39, 0.29) is 33.8 Å². The molecule has 0 saturated heterocycles. The van der Waals surface area contributed by atoms with E-state index in [9.17, 15) is 24.7 Å². The molecule has 0 spiro atoms. The Morgan fingerprint density at radius 2 is 1.93 bits per heavy atom. The Balaban J connectivity index is 1.73. The molecule has 5 rings (SSSR count). The van der Waals surface area contributed by atoms with Gasteiger partial charge in [0.05, 0.1) is 39.6 Å². The Kier molecular flexibility index (Phi) is 8.62. The van der Waals surface area contributed by atoms with Crippen molar-refractivity contribution in [2.75, 3.05) is 16.9 Å². The predicted molar refractivity (Wildman–Crippen MR) is 169 cm³/mol. The average Bonchev–Trinajstić information content (AvgIpc) is 3.86. The number of anilines is 2. The van der Waals surface area contributed by atoms with Crippen LogP contribution >= 0.6 is 8.60 Å². The molecule has 236 valence electrons. The molecule has 45 heavy (non-hydrogen) atoms. The van der Waals surface area contributed by atoms with Crippen LogP contribution < -0.4 is 21.8 Å². The third-order valence-corrected chi connectivity index (χ3v) is 9.30. The number of hydrogen-bond donors (Lipinski definition) is 5. The number of rotatable bonds is 11. The van der Waals surface area contributed by atoms with E-state index in [0.29, 0.717) is 39.5 Å². The molecule has 14 heteroatoms. The second kappa shape index (κ2) is 12.0. The molecular formula is C31H37FN9O3P. The molecule has 2 fully saturated rings. The quantitative estimate of drug-likeness (QED) is 0.0652. The van der Waals surface area contributed by atoms with Crippen molar-refractivity contribution in [2.24, 2.45) is 22.9 Å². The number of halogens is 1. The van der Waals surface area contributed by atoms with Gasteiger partial charge in [-0.15, -0.1) is 0 Å². The number of nitrogens with one attached hydrogen (secondary N) is 1. The highest BCUT2D eigenvalue weighted by Crippen LogP contribution is 2.69. The lowest BCUT2D eigenvalue weighted by atomic mass is 9.87. The summed E-state index contributed by atoms with van der Waals surface area (Å²) in [6.07, 6.45) is 5.00. The lowest BCUT2D eigenvalue weighted by Gasteiger charge is -2.36. The Hall–Kier alpha value is -4.10. The van der Waals surface area contributed by atoms with Crippen LogP contribution in [0.1, 0.15) is 69.0 Å². The van der Waals surface area contributed by atoms with Crippen molar-refractivity contribution in [3.8, 4) is 12.1 Å². The zero-order valence-corrected chi connectivity index (χ0v) is 26.7. The fourth-order valence-corrected chi connectivity index (χ4v) is 5.67. The first-order valence-electron chi connectivity index (χ1n) is 14.5. The molecule has 0 aliphatic heterocycles. The van der Waals surface area contributed by atoms with Crippen LogP contribution in [0.15, 0.2) is 42.4 Å². The zero-order chi connectivity index (χ0) is 32.8. The van der Waals surface area contributed by atoms with Crippen molar-refractivity contribution in [3.63, 3.8) is 0 Å². The van der Waals surface area contributed by atoms with Crippen LogP contribution in [0.4, 0.5) is 15.8 Å². The fraction of sp³-hybridized carbons (Fsp3) is 0.419. The van der Waals surface area contributed by atoms with Gasteiger partial charge in [-0.25, -0.2) is 10.8 Å². The summed E-state index contributed by atoms with van der Waals surface area (Å²) in [6, 6.07) is 9.50. The Bertz CT molecular complexity index is 1740. The standard InChI is InChI=1S/C31H37FN9O3P/c1-17-23(6-7-26(32)38-17)29(25(35)15-41(36)31-10-21(31)11-31)40(16-44-45(42)43)22-8-19(12-33)27-24(9-22)28(20(13-34)14-37-27)39-18(2)30(3,4)5/h6-9,14-15,18,21,29,42-43H,10-11,16,35-36H2,1-5H3,(H,37,39)/b25-15-/t18-,21?,29+,31?/m1/s1. The fourth-order valence-electron chi connectivity index (χ4n) is 5.44. The van der Waals surface area contributed by atoms with Gasteiger partial charge in [-0.1, -0.05) is 26.8 Å². The lowest BCUT2D eigenvalue weighted by Crippen LogP contribution is -2.38. The van der Waals surface area contributed by atoms with E-state index in [1.165, 1.54) is 12.3 Å². The number of nitriles is 2. The maximum Gasteiger partial charge on any atom is 0.328 e. The molecule has 0 amide bonds. The van der Waals surface area contributed by atoms with Gasteiger partial charge in [0.2, 0.25) is 5.95 Å². The van der Waals surface area contributed by atoms with Gasteiger partial charge in [0, 0.05) is 40.8 Å². The number of pyridine rings is 2. The first-order valence-corrected chi connectivity index (χ1v) is 15.6. The molecule has 2 aliphatic rings. The molecule has 1 aromatic carbocycles. The number of nitrogens with two attached hydrogens (primary N) is 2. The molecule has 12 nitrogen and oxygen atoms in total. The number of hydrogen-bond acceptors (Lipinski definition) is 12. The summed E-state index contributed by atoms with van der Waals surface area (Å²) in [5.74, 6) is 6.28. The molecule has 3 aromatic rings. The van der Waals surface area contributed by atoms with Crippen LogP contribution in [0.5, 0.6) is 0 Å². The monoisotopic (exact) mass is 633 g/mol. The van der Waals surface area contributed by atoms with Crippen LogP contribution in [0.2, 0.25) is 0 Å². The third-order valence-electron chi connectivity index (χ3n) is 8.96. The van der Waals surface area contributed by atoms with E-state index in [1.54, 1.807) is 41.2 Å². The van der Waals surface area contributed by atoms with Crippen molar-refractivity contribution < 1.29 is 18.7 Å². The highest BCUT2D eigenvalue weighted by atomic mass is 31.2. The molecule has 2 heterocycles. The van der Waals surface area contributed by atoms with Gasteiger partial charge in [0.25, 0.3) is 0 Å². The molecule has 0 radical (unpaired) electrons. The number of benzene rings is 1. The molecule has 2 atom stereocenters. The van der Waals surface area contributed by atoms with Crippen molar-refractivity contribution >= 4 is 30.9 Å². The summed E-state index contributed by atoms with van der Waals surface area (Å²) in [5, 5.41) is 25.8. The average molecular weight is 634 g/mol. The summed E-state index contributed by atoms with van der Waals surface area (Å²) >= 11 is 0. The SMILES string of the molecule is Cc1nc(F)ccc1[C@@H](/C(N)=C/N(N)C12CC1C2)N(COP(O)O)c1cc(C#N)c2ncc(C#N)c(N[C@H](C)C(C)(C)C)c2c1. The molecule has 2 aromatic heterocycles. The summed E-state index contributed by atoms with van der Waals surface area (Å²) in [5.41, 5.74) is 9.34. The molecule has 7 N–H and O–H groups in total. The van der Waals surface area contributed by atoms with Crippen LogP contribution in [0.3, 0.4) is 0 Å². The lowest BCUT2D eigenvalue weighted by molar-refractivity contribution is 0.247. The number of aryl methyl sites for hydroxylation is 1. The Morgan fingerprint density at radius 1 is 1.27 bits per heavy atom. The van der Waals surface area contributed by atoms with E-state index in [4.69, 9.17) is 16.1 Å². The Labute approximate surface area is 262 Å². The van der Waals surface area contributed by atoms with Crippen LogP contribution in [-0.2, 0) is 4.52 Å². The van der Waals surface area contributed by atoms with E-state index in [1.807, 2.05) is 6.92 Å². The van der Waals surface area contributed by atoms with Gasteiger partial charge in [-0.3, -0.25) is 9.51 Å². The first-order chi connectivity index (χ1) is 21.2. The summed E-state index contributed by atoms with van der Waals surface area (Å²) in [4.78, 5) is 29.6. The highest BCUT2D eigenvalue weighted by Gasteiger charge is 2.72. The van der Waals surface area contributed by atoms with Gasteiger partial charge in [-0.2, -0.15) is 14.9 Å². The highest BCUT2D eigenvalue weighted by molar-refractivity contribution is 7.39. The largest absolute Gasteiger partial charge is 0.399 e. The number of nitrogens with zero attached hydrogens (tertiary/aromatic N) is 6. The Morgan fingerprint density at radius 3 is 2.49 bits per heavy atom. The summed E-state index contributed by atoms with van der Waals surface area (Å²) in [7, 11) is -2.80. The minimum atomic E-state index is -2.80. The minimum Gasteiger partial charge on any atom is -0.399 e. The third kappa shape index (κ3) is 6.36. The smallest absolute Gasteiger partial charge is 0.328 e. The second-order valence-corrected chi connectivity index (χ2v) is 13.6. The molecular weight excluding hydrogens is 596 g/mol. The zero-order valence-electron chi connectivity index (χ0n) is 25.8. The van der Waals surface area contributed by atoms with Gasteiger partial charge in [0.1, 0.15) is 18.9 Å². The summed E-state index contributed by atoms with van der Waals surface area (Å²) < 4.78 is 19.5. The van der Waals surface area contributed by atoms with Crippen LogP contribution in [-0.4, -0.2) is 43.1 Å². The molecule has 0 bridgehead atoms. The maximum absolute atomic E-state index is 14.2. The van der Waals surface area contributed by atoms with E-state index < -0.39 is 27.3 Å². The minimum absolute atomic E-state index is 0.0842. The number of aromatic nitrogens is 2. The summed E-state index contributed by atoms with van der Waals surface area (Å²) in [6.45, 7) is 9.45. The van der Waals surface area contributed by atoms with Crippen LogP contribution in [0, 0.1) is 46.9 Å². The van der Waals surface area contributed by atoms with Crippen molar-refractivity contribution in [3.05, 3.63) is 70.7 Å². The topological polar surface area (TPSA) is 194 Å². The maximum atomic E-state index is 14.2.